The molecule has 4 nitrogen and oxygen atoms in total. The molecule has 0 aliphatic carbocycles. The first-order valence-corrected chi connectivity index (χ1v) is 8.36. The first kappa shape index (κ1) is 16.3. The number of rotatable bonds is 5. The fourth-order valence-electron chi connectivity index (χ4n) is 1.94. The zero-order chi connectivity index (χ0) is 15.4. The van der Waals surface area contributed by atoms with Crippen LogP contribution in [0.1, 0.15) is 37.6 Å². The van der Waals surface area contributed by atoms with Crippen LogP contribution in [0.5, 0.6) is 0 Å². The number of aliphatic hydroxyl groups excluding tert-OH is 1. The number of H-pyrrole nitrogens is 1. The van der Waals surface area contributed by atoms with Gasteiger partial charge in [-0.05, 0) is 31.0 Å². The van der Waals surface area contributed by atoms with Gasteiger partial charge < -0.3 is 10.1 Å². The molecule has 2 aromatic rings. The average Bonchev–Trinajstić information content (AvgIpc) is 2.37. The van der Waals surface area contributed by atoms with E-state index in [0.29, 0.717) is 5.16 Å². The predicted octanol–water partition coefficient (Wildman–Crippen LogP) is 3.69. The maximum atomic E-state index is 11.6. The molecule has 0 bridgehead atoms. The van der Waals surface area contributed by atoms with Crippen LogP contribution in [0, 0.1) is 0 Å². The number of halogens is 1. The zero-order valence-electron chi connectivity index (χ0n) is 11.9. The normalized spacial score (nSPS) is 12.4. The van der Waals surface area contributed by atoms with Gasteiger partial charge in [0, 0.05) is 21.1 Å². The van der Waals surface area contributed by atoms with Crippen LogP contribution in [-0.4, -0.2) is 15.1 Å². The summed E-state index contributed by atoms with van der Waals surface area (Å²) in [6.45, 7) is 3.78. The van der Waals surface area contributed by atoms with Crippen molar-refractivity contribution in [2.45, 2.75) is 42.8 Å². The van der Waals surface area contributed by atoms with Crippen molar-refractivity contribution in [3.63, 3.8) is 0 Å². The molecular formula is C15H17BrN2O2S. The average molecular weight is 369 g/mol. The van der Waals surface area contributed by atoms with Crippen molar-refractivity contribution in [3.8, 4) is 0 Å². The van der Waals surface area contributed by atoms with Gasteiger partial charge in [0.25, 0.3) is 5.56 Å². The Morgan fingerprint density at radius 2 is 2.19 bits per heavy atom. The van der Waals surface area contributed by atoms with E-state index < -0.39 is 6.10 Å². The van der Waals surface area contributed by atoms with Gasteiger partial charge in [-0.1, -0.05) is 47.1 Å². The van der Waals surface area contributed by atoms with Crippen molar-refractivity contribution in [1.29, 1.82) is 0 Å². The summed E-state index contributed by atoms with van der Waals surface area (Å²) >= 11 is 4.85. The lowest BCUT2D eigenvalue weighted by atomic mass is 10.1. The Hall–Kier alpha value is -1.11. The SMILES string of the molecule is CCCc1cc(=O)[nH]c(Sc2ccc(C(C)O)c(Br)c2)n1. The smallest absolute Gasteiger partial charge is 0.251 e. The molecule has 2 N–H and O–H groups in total. The second kappa shape index (κ2) is 7.24. The second-order valence-electron chi connectivity index (χ2n) is 4.75. The van der Waals surface area contributed by atoms with E-state index in [9.17, 15) is 9.90 Å². The summed E-state index contributed by atoms with van der Waals surface area (Å²) in [5, 5.41) is 10.2. The van der Waals surface area contributed by atoms with Crippen LogP contribution in [0.25, 0.3) is 0 Å². The number of hydrogen-bond donors (Lipinski definition) is 2. The number of aromatic amines is 1. The molecule has 0 saturated carbocycles. The molecule has 1 aromatic carbocycles. The van der Waals surface area contributed by atoms with E-state index in [0.717, 1.165) is 33.5 Å². The minimum absolute atomic E-state index is 0.129. The number of benzene rings is 1. The summed E-state index contributed by atoms with van der Waals surface area (Å²) in [6.07, 6.45) is 1.22. The molecule has 112 valence electrons. The van der Waals surface area contributed by atoms with Crippen molar-refractivity contribution >= 4 is 27.7 Å². The highest BCUT2D eigenvalue weighted by molar-refractivity contribution is 9.10. The van der Waals surface area contributed by atoms with Gasteiger partial charge in [0.05, 0.1) is 6.10 Å². The van der Waals surface area contributed by atoms with Crippen LogP contribution in [0.15, 0.2) is 43.6 Å². The molecule has 1 heterocycles. The van der Waals surface area contributed by atoms with Crippen molar-refractivity contribution < 1.29 is 5.11 Å². The Balaban J connectivity index is 2.26. The molecule has 6 heteroatoms. The minimum Gasteiger partial charge on any atom is -0.389 e. The van der Waals surface area contributed by atoms with Gasteiger partial charge >= 0.3 is 0 Å². The van der Waals surface area contributed by atoms with E-state index in [2.05, 4.69) is 32.8 Å². The highest BCUT2D eigenvalue weighted by atomic mass is 79.9. The number of hydrogen-bond acceptors (Lipinski definition) is 4. The molecule has 1 unspecified atom stereocenters. The predicted molar refractivity (Wildman–Crippen MR) is 87.8 cm³/mol. The Kier molecular flexibility index (Phi) is 5.61. The third-order valence-electron chi connectivity index (χ3n) is 2.92. The lowest BCUT2D eigenvalue weighted by Gasteiger charge is -2.09. The molecule has 0 aliphatic rings. The molecule has 0 aliphatic heterocycles. The number of nitrogens with zero attached hydrogens (tertiary/aromatic N) is 1. The molecule has 0 saturated heterocycles. The topological polar surface area (TPSA) is 66.0 Å². The van der Waals surface area contributed by atoms with Crippen molar-refractivity contribution in [1.82, 2.24) is 9.97 Å². The Morgan fingerprint density at radius 1 is 1.43 bits per heavy atom. The molecule has 0 spiro atoms. The van der Waals surface area contributed by atoms with Crippen molar-refractivity contribution in [2.75, 3.05) is 0 Å². The Morgan fingerprint density at radius 3 is 2.81 bits per heavy atom. The summed E-state index contributed by atoms with van der Waals surface area (Å²) in [5.41, 5.74) is 1.51. The molecular weight excluding hydrogens is 352 g/mol. The van der Waals surface area contributed by atoms with Gasteiger partial charge in [0.1, 0.15) is 0 Å². The lowest BCUT2D eigenvalue weighted by Crippen LogP contribution is -2.09. The van der Waals surface area contributed by atoms with Gasteiger partial charge in [-0.2, -0.15) is 0 Å². The van der Waals surface area contributed by atoms with E-state index in [1.54, 1.807) is 13.0 Å². The van der Waals surface area contributed by atoms with Crippen molar-refractivity contribution in [3.05, 3.63) is 50.3 Å². The number of nitrogens with one attached hydrogen (secondary N) is 1. The van der Waals surface area contributed by atoms with Crippen LogP contribution in [0.2, 0.25) is 0 Å². The van der Waals surface area contributed by atoms with Gasteiger partial charge in [-0.25, -0.2) is 4.98 Å². The van der Waals surface area contributed by atoms with Gasteiger partial charge in [-0.3, -0.25) is 4.79 Å². The monoisotopic (exact) mass is 368 g/mol. The van der Waals surface area contributed by atoms with Crippen molar-refractivity contribution in [2.24, 2.45) is 0 Å². The maximum Gasteiger partial charge on any atom is 0.251 e. The van der Waals surface area contributed by atoms with E-state index in [1.807, 2.05) is 18.2 Å². The number of aryl methyl sites for hydroxylation is 1. The Labute approximate surface area is 136 Å². The van der Waals surface area contributed by atoms with E-state index in [1.165, 1.54) is 11.8 Å². The van der Waals surface area contributed by atoms with Gasteiger partial charge in [0.2, 0.25) is 0 Å². The fraction of sp³-hybridized carbons (Fsp3) is 0.333. The molecule has 2 rings (SSSR count). The number of aromatic nitrogens is 2. The molecule has 0 fully saturated rings. The maximum absolute atomic E-state index is 11.6. The van der Waals surface area contributed by atoms with E-state index in [4.69, 9.17) is 0 Å². The lowest BCUT2D eigenvalue weighted by molar-refractivity contribution is 0.198. The summed E-state index contributed by atoms with van der Waals surface area (Å²) < 4.78 is 0.842. The highest BCUT2D eigenvalue weighted by Gasteiger charge is 2.09. The fourth-order valence-corrected chi connectivity index (χ4v) is 3.65. The molecule has 0 amide bonds. The minimum atomic E-state index is -0.524. The molecule has 1 atom stereocenters. The summed E-state index contributed by atoms with van der Waals surface area (Å²) in [5.74, 6) is 0. The van der Waals surface area contributed by atoms with Crippen LogP contribution in [-0.2, 0) is 6.42 Å². The summed E-state index contributed by atoms with van der Waals surface area (Å²) in [7, 11) is 0. The van der Waals surface area contributed by atoms with Crippen LogP contribution >= 0.6 is 27.7 Å². The van der Waals surface area contributed by atoms with E-state index in [-0.39, 0.29) is 5.56 Å². The third kappa shape index (κ3) is 4.43. The zero-order valence-corrected chi connectivity index (χ0v) is 14.3. The summed E-state index contributed by atoms with van der Waals surface area (Å²) in [6, 6.07) is 7.23. The van der Waals surface area contributed by atoms with Crippen LogP contribution < -0.4 is 5.56 Å². The largest absolute Gasteiger partial charge is 0.389 e. The molecule has 1 aromatic heterocycles. The first-order chi connectivity index (χ1) is 9.99. The third-order valence-corrected chi connectivity index (χ3v) is 4.48. The molecule has 0 radical (unpaired) electrons. The van der Waals surface area contributed by atoms with Crippen LogP contribution in [0.4, 0.5) is 0 Å². The Bertz CT molecular complexity index is 686. The standard InChI is InChI=1S/C15H17BrN2O2S/c1-3-4-10-7-14(20)18-15(17-10)21-11-5-6-12(9(2)19)13(16)8-11/h5-9,19H,3-4H2,1-2H3,(H,17,18,20). The molecule has 21 heavy (non-hydrogen) atoms. The quantitative estimate of drug-likeness (QED) is 0.789. The van der Waals surface area contributed by atoms with Gasteiger partial charge in [-0.15, -0.1) is 0 Å². The second-order valence-corrected chi connectivity index (χ2v) is 6.67. The van der Waals surface area contributed by atoms with Crippen LogP contribution in [0.3, 0.4) is 0 Å². The number of aliphatic hydroxyl groups is 1. The van der Waals surface area contributed by atoms with Gasteiger partial charge in [0.15, 0.2) is 5.16 Å². The van der Waals surface area contributed by atoms with E-state index >= 15 is 0 Å². The summed E-state index contributed by atoms with van der Waals surface area (Å²) in [4.78, 5) is 19.8. The highest BCUT2D eigenvalue weighted by Crippen LogP contribution is 2.31. The first-order valence-electron chi connectivity index (χ1n) is 6.75.